The number of carbonyl (C=O) groups is 1. The normalized spacial score (nSPS) is 42.8. The zero-order valence-corrected chi connectivity index (χ0v) is 27.4. The largest absolute Gasteiger partial charge is 0.394 e. The molecule has 1 aliphatic carbocycles. The number of morpholine rings is 1. The van der Waals surface area contributed by atoms with Crippen LogP contribution in [0.15, 0.2) is 4.99 Å². The molecule has 19 nitrogen and oxygen atoms in total. The van der Waals surface area contributed by atoms with Crippen molar-refractivity contribution < 1.29 is 58.4 Å². The van der Waals surface area contributed by atoms with E-state index in [4.69, 9.17) is 52.4 Å². The summed E-state index contributed by atoms with van der Waals surface area (Å²) in [6.45, 7) is 1.25. The Morgan fingerprint density at radius 3 is 2.41 bits per heavy atom. The van der Waals surface area contributed by atoms with Crippen molar-refractivity contribution in [1.29, 1.82) is 0 Å². The van der Waals surface area contributed by atoms with Crippen LogP contribution < -0.4 is 39.3 Å². The summed E-state index contributed by atoms with van der Waals surface area (Å²) in [7, 11) is 0. The Morgan fingerprint density at radius 1 is 1.04 bits per heavy atom. The number of alkyl halides is 1. The molecule has 0 radical (unpaired) electrons. The van der Waals surface area contributed by atoms with Crippen LogP contribution in [0.1, 0.15) is 25.7 Å². The van der Waals surface area contributed by atoms with E-state index < -0.39 is 104 Å². The summed E-state index contributed by atoms with van der Waals surface area (Å²) in [5, 5.41) is 58.7. The lowest BCUT2D eigenvalue weighted by Crippen LogP contribution is -2.67. The summed E-state index contributed by atoms with van der Waals surface area (Å²) in [6, 6.07) is -3.14. The fourth-order valence-electron chi connectivity index (χ4n) is 6.66. The van der Waals surface area contributed by atoms with Gasteiger partial charge in [-0.15, -0.1) is 0 Å². The third-order valence-corrected chi connectivity index (χ3v) is 9.45. The molecule has 4 rings (SSSR count). The van der Waals surface area contributed by atoms with E-state index in [9.17, 15) is 30.3 Å². The number of ether oxygens (including phenoxy) is 5. The van der Waals surface area contributed by atoms with Gasteiger partial charge in [-0.1, -0.05) is 0 Å². The summed E-state index contributed by atoms with van der Waals surface area (Å²) >= 11 is 0. The van der Waals surface area contributed by atoms with Gasteiger partial charge < -0.3 is 88.5 Å². The number of hydrogen-bond acceptors (Lipinski definition) is 17. The average Bonchev–Trinajstić information content (AvgIpc) is 3.08. The highest BCUT2D eigenvalue weighted by atomic mass is 19.1. The number of nitrogens with two attached hydrogens (primary N) is 5. The number of carbonyl (C=O) groups excluding carboxylic acids is 1. The highest BCUT2D eigenvalue weighted by molar-refractivity contribution is 5.83. The predicted molar refractivity (Wildman–Crippen MR) is 170 cm³/mol. The Balaban J connectivity index is 1.54. The molecular formula is C29H55FN8O11. The van der Waals surface area contributed by atoms with Gasteiger partial charge in [0.2, 0.25) is 0 Å². The molecule has 0 aromatic heterocycles. The van der Waals surface area contributed by atoms with Crippen molar-refractivity contribution in [2.45, 2.75) is 117 Å². The molecule has 20 heteroatoms. The molecule has 49 heavy (non-hydrogen) atoms. The number of aliphatic imine (C=N–C) groups is 1. The standard InChI is InChI=1S/C29H55FN8O11/c30-21-25(48-28-24(44)22(23(43)20(11-39)47-28)38-29(35)37-10-13-9-36-3-4-45-13)12(6-17(41)16(40)1-2-31)5-14(33)26(21)49-27-15(34)7-18(42)19(8-32)46-27/h12-16,18-28,36,39-40,42-44H,1-11,31-34H2,(H3,35,37,38)/t12-,13+,14?,15?,16-,18-,19?,20+,21+,22?,23+,24+,25?,26+,27+,28?/m0/s1. The second-order valence-corrected chi connectivity index (χ2v) is 13.1. The van der Waals surface area contributed by atoms with Crippen molar-refractivity contribution in [2.75, 3.05) is 45.9 Å². The highest BCUT2D eigenvalue weighted by Crippen LogP contribution is 2.37. The van der Waals surface area contributed by atoms with E-state index in [2.05, 4.69) is 15.6 Å². The Morgan fingerprint density at radius 2 is 1.76 bits per heavy atom. The summed E-state index contributed by atoms with van der Waals surface area (Å²) < 4.78 is 45.7. The lowest BCUT2D eigenvalue weighted by atomic mass is 9.77. The molecule has 6 unspecified atom stereocenters. The Labute approximate surface area is 283 Å². The number of ketones is 1. The smallest absolute Gasteiger partial charge is 0.189 e. The van der Waals surface area contributed by atoms with Crippen LogP contribution >= 0.6 is 0 Å². The van der Waals surface area contributed by atoms with Crippen LogP contribution in [-0.2, 0) is 28.5 Å². The predicted octanol–water partition coefficient (Wildman–Crippen LogP) is -6.43. The number of hydrogen-bond donors (Lipinski definition) is 12. The van der Waals surface area contributed by atoms with E-state index in [1.54, 1.807) is 0 Å². The molecule has 4 aliphatic rings. The van der Waals surface area contributed by atoms with Gasteiger partial charge in [-0.2, -0.15) is 0 Å². The SMILES string of the molecule is NCC[C@H](O)C(=O)C[C@@H]1CC(N)[C@@H](O[C@H]2OC(CN)[C@@H](O)CC2N)[C@H](F)C1OC1O[C@H](CO)[C@@H](O)C(NC(N)=NC[C@H]2CNCCO2)[C@H]1O. The first-order valence-electron chi connectivity index (χ1n) is 16.8. The Kier molecular flexibility index (Phi) is 15.3. The fourth-order valence-corrected chi connectivity index (χ4v) is 6.66. The monoisotopic (exact) mass is 710 g/mol. The van der Waals surface area contributed by atoms with Gasteiger partial charge in [-0.05, 0) is 31.7 Å². The second-order valence-electron chi connectivity index (χ2n) is 13.1. The van der Waals surface area contributed by atoms with Crippen LogP contribution in [0.4, 0.5) is 4.39 Å². The second kappa shape index (κ2) is 18.7. The lowest BCUT2D eigenvalue weighted by molar-refractivity contribution is -0.315. The molecular weight excluding hydrogens is 655 g/mol. The summed E-state index contributed by atoms with van der Waals surface area (Å²) in [6.07, 6.45) is -16.1. The van der Waals surface area contributed by atoms with Crippen LogP contribution in [-0.4, -0.2) is 175 Å². The first kappa shape index (κ1) is 40.0. The molecule has 0 aromatic rings. The van der Waals surface area contributed by atoms with Crippen molar-refractivity contribution in [1.82, 2.24) is 10.6 Å². The first-order chi connectivity index (χ1) is 23.4. The number of rotatable bonds is 14. The highest BCUT2D eigenvalue weighted by Gasteiger charge is 2.52. The van der Waals surface area contributed by atoms with E-state index >= 15 is 4.39 Å². The molecule has 284 valence electrons. The van der Waals surface area contributed by atoms with Gasteiger partial charge in [0.05, 0.1) is 56.3 Å². The van der Waals surface area contributed by atoms with E-state index in [1.165, 1.54) is 0 Å². The first-order valence-corrected chi connectivity index (χ1v) is 16.8. The zero-order chi connectivity index (χ0) is 35.8. The molecule has 17 N–H and O–H groups in total. The van der Waals surface area contributed by atoms with Crippen molar-refractivity contribution in [2.24, 2.45) is 39.6 Å². The quantitative estimate of drug-likeness (QED) is 0.0589. The van der Waals surface area contributed by atoms with Crippen LogP contribution in [0.2, 0.25) is 0 Å². The maximum absolute atomic E-state index is 16.7. The molecule has 1 saturated carbocycles. The lowest BCUT2D eigenvalue weighted by Gasteiger charge is -2.48. The third kappa shape index (κ3) is 10.2. The molecule has 16 atom stereocenters. The number of nitrogens with zero attached hydrogens (tertiary/aromatic N) is 1. The van der Waals surface area contributed by atoms with E-state index in [1.807, 2.05) is 0 Å². The summed E-state index contributed by atoms with van der Waals surface area (Å²) in [5.41, 5.74) is 29.8. The molecule has 0 spiro atoms. The van der Waals surface area contributed by atoms with Crippen LogP contribution in [0, 0.1) is 5.92 Å². The number of Topliss-reactive ketones (excluding diaryl/α,β-unsaturated/α-hetero) is 1. The van der Waals surface area contributed by atoms with E-state index in [0.29, 0.717) is 19.7 Å². The molecule has 4 fully saturated rings. The molecule has 3 heterocycles. The molecule has 3 aliphatic heterocycles. The third-order valence-electron chi connectivity index (χ3n) is 9.45. The maximum atomic E-state index is 16.7. The number of aliphatic hydroxyl groups is 5. The van der Waals surface area contributed by atoms with Gasteiger partial charge in [-0.25, -0.2) is 4.39 Å². The van der Waals surface area contributed by atoms with E-state index in [-0.39, 0.29) is 57.4 Å². The number of nitrogens with one attached hydrogen (secondary N) is 2. The Bertz CT molecular complexity index is 1070. The number of aliphatic hydroxyl groups excluding tert-OH is 5. The van der Waals surface area contributed by atoms with Crippen molar-refractivity contribution in [3.63, 3.8) is 0 Å². The summed E-state index contributed by atoms with van der Waals surface area (Å²) in [5.74, 6) is -1.70. The van der Waals surface area contributed by atoms with Crippen LogP contribution in [0.3, 0.4) is 0 Å². The molecule has 0 amide bonds. The van der Waals surface area contributed by atoms with Crippen molar-refractivity contribution >= 4 is 11.7 Å². The van der Waals surface area contributed by atoms with Gasteiger partial charge in [0.1, 0.15) is 30.5 Å². The Hall–Kier alpha value is -1.73. The fraction of sp³-hybridized carbons (Fsp3) is 0.931. The molecule has 0 aromatic carbocycles. The minimum atomic E-state index is -2.07. The van der Waals surface area contributed by atoms with Gasteiger partial charge in [-0.3, -0.25) is 9.79 Å². The average molecular weight is 711 g/mol. The van der Waals surface area contributed by atoms with Crippen molar-refractivity contribution in [3.05, 3.63) is 0 Å². The van der Waals surface area contributed by atoms with Gasteiger partial charge in [0, 0.05) is 32.1 Å². The maximum Gasteiger partial charge on any atom is 0.189 e. The topological polar surface area (TPSA) is 331 Å². The summed E-state index contributed by atoms with van der Waals surface area (Å²) in [4.78, 5) is 17.2. The van der Waals surface area contributed by atoms with Crippen LogP contribution in [0.5, 0.6) is 0 Å². The van der Waals surface area contributed by atoms with Gasteiger partial charge in [0.15, 0.2) is 30.5 Å². The van der Waals surface area contributed by atoms with Crippen molar-refractivity contribution in [3.8, 4) is 0 Å². The minimum Gasteiger partial charge on any atom is -0.394 e. The van der Waals surface area contributed by atoms with E-state index in [0.717, 1.165) is 0 Å². The zero-order valence-electron chi connectivity index (χ0n) is 27.4. The van der Waals surface area contributed by atoms with Crippen LogP contribution in [0.25, 0.3) is 0 Å². The number of halogens is 1. The van der Waals surface area contributed by atoms with Gasteiger partial charge >= 0.3 is 0 Å². The number of guanidine groups is 1. The van der Waals surface area contributed by atoms with Gasteiger partial charge in [0.25, 0.3) is 0 Å². The molecule has 3 saturated heterocycles. The molecule has 0 bridgehead atoms. The minimum absolute atomic E-state index is 0.0147.